The summed E-state index contributed by atoms with van der Waals surface area (Å²) >= 11 is 0. The first kappa shape index (κ1) is 13.8. The molecule has 1 aromatic heterocycles. The van der Waals surface area contributed by atoms with Crippen molar-refractivity contribution < 1.29 is 9.53 Å². The fraction of sp³-hybridized carbons (Fsp3) is 0.294. The third-order valence-electron chi connectivity index (χ3n) is 3.87. The molecule has 0 radical (unpaired) electrons. The molecule has 0 atom stereocenters. The van der Waals surface area contributed by atoms with Crippen LogP contribution in [-0.4, -0.2) is 29.5 Å². The second-order valence-corrected chi connectivity index (χ2v) is 5.26. The number of rotatable bonds is 3. The molecule has 0 spiro atoms. The number of carbonyl (C=O) groups excluding carboxylic acids is 1. The zero-order valence-corrected chi connectivity index (χ0v) is 12.1. The Morgan fingerprint density at radius 3 is 2.86 bits per heavy atom. The summed E-state index contributed by atoms with van der Waals surface area (Å²) in [4.78, 5) is 18.3. The van der Waals surface area contributed by atoms with Crippen molar-refractivity contribution in [2.45, 2.75) is 19.5 Å². The zero-order valence-electron chi connectivity index (χ0n) is 12.1. The summed E-state index contributed by atoms with van der Waals surface area (Å²) in [6, 6.07) is 10.4. The SMILES string of the molecule is COC(=O)c1cncc2c1CCN(Cc1ccccc1)C2. The maximum atomic E-state index is 11.8. The molecule has 4 nitrogen and oxygen atoms in total. The summed E-state index contributed by atoms with van der Waals surface area (Å²) in [5.74, 6) is -0.296. The first-order valence-corrected chi connectivity index (χ1v) is 7.08. The van der Waals surface area contributed by atoms with Crippen LogP contribution in [0.5, 0.6) is 0 Å². The van der Waals surface area contributed by atoms with Gasteiger partial charge in [0.15, 0.2) is 0 Å². The van der Waals surface area contributed by atoms with Crippen molar-refractivity contribution in [1.29, 1.82) is 0 Å². The predicted molar refractivity (Wildman–Crippen MR) is 79.8 cm³/mol. The van der Waals surface area contributed by atoms with Crippen LogP contribution in [0.15, 0.2) is 42.7 Å². The van der Waals surface area contributed by atoms with Crippen LogP contribution >= 0.6 is 0 Å². The lowest BCUT2D eigenvalue weighted by atomic mass is 9.97. The molecule has 0 amide bonds. The second kappa shape index (κ2) is 6.06. The molecule has 0 bridgehead atoms. The van der Waals surface area contributed by atoms with Crippen LogP contribution in [-0.2, 0) is 24.2 Å². The van der Waals surface area contributed by atoms with Crippen LogP contribution in [0.2, 0.25) is 0 Å². The zero-order chi connectivity index (χ0) is 14.7. The Hall–Kier alpha value is -2.20. The molecule has 1 aromatic carbocycles. The highest BCUT2D eigenvalue weighted by molar-refractivity contribution is 5.91. The van der Waals surface area contributed by atoms with E-state index < -0.39 is 0 Å². The third-order valence-corrected chi connectivity index (χ3v) is 3.87. The standard InChI is InChI=1S/C17H18N2O2/c1-21-17(20)16-10-18-9-14-12-19(8-7-15(14)16)11-13-5-3-2-4-6-13/h2-6,9-10H,7-8,11-12H2,1H3. The second-order valence-electron chi connectivity index (χ2n) is 5.26. The van der Waals surface area contributed by atoms with E-state index in [-0.39, 0.29) is 5.97 Å². The highest BCUT2D eigenvalue weighted by Crippen LogP contribution is 2.23. The largest absolute Gasteiger partial charge is 0.465 e. The smallest absolute Gasteiger partial charge is 0.339 e. The van der Waals surface area contributed by atoms with Gasteiger partial charge in [0.05, 0.1) is 12.7 Å². The molecule has 4 heteroatoms. The van der Waals surface area contributed by atoms with E-state index in [0.717, 1.165) is 37.2 Å². The minimum atomic E-state index is -0.296. The minimum Gasteiger partial charge on any atom is -0.465 e. The number of pyridine rings is 1. The summed E-state index contributed by atoms with van der Waals surface area (Å²) in [5.41, 5.74) is 4.12. The Labute approximate surface area is 124 Å². The van der Waals surface area contributed by atoms with E-state index in [1.165, 1.54) is 12.7 Å². The van der Waals surface area contributed by atoms with E-state index in [1.807, 2.05) is 12.3 Å². The average Bonchev–Trinajstić information content (AvgIpc) is 2.54. The molecule has 21 heavy (non-hydrogen) atoms. The molecule has 1 aliphatic rings. The topological polar surface area (TPSA) is 42.4 Å². The van der Waals surface area contributed by atoms with Gasteiger partial charge in [-0.3, -0.25) is 9.88 Å². The molecule has 108 valence electrons. The Balaban J connectivity index is 1.79. The van der Waals surface area contributed by atoms with Gasteiger partial charge >= 0.3 is 5.97 Å². The summed E-state index contributed by atoms with van der Waals surface area (Å²) < 4.78 is 4.83. The van der Waals surface area contributed by atoms with Crippen molar-refractivity contribution in [3.63, 3.8) is 0 Å². The van der Waals surface area contributed by atoms with Gasteiger partial charge in [-0.1, -0.05) is 30.3 Å². The van der Waals surface area contributed by atoms with E-state index >= 15 is 0 Å². The molecule has 0 N–H and O–H groups in total. The normalized spacial score (nSPS) is 14.5. The molecule has 0 saturated carbocycles. The van der Waals surface area contributed by atoms with Gasteiger partial charge in [0.2, 0.25) is 0 Å². The van der Waals surface area contributed by atoms with E-state index in [9.17, 15) is 4.79 Å². The molecule has 0 aliphatic carbocycles. The number of hydrogen-bond acceptors (Lipinski definition) is 4. The highest BCUT2D eigenvalue weighted by Gasteiger charge is 2.22. The van der Waals surface area contributed by atoms with Crippen LogP contribution in [0.1, 0.15) is 27.0 Å². The van der Waals surface area contributed by atoms with Crippen LogP contribution in [0, 0.1) is 0 Å². The van der Waals surface area contributed by atoms with Crippen molar-refractivity contribution in [2.75, 3.05) is 13.7 Å². The molecule has 2 heterocycles. The van der Waals surface area contributed by atoms with Crippen LogP contribution in [0.3, 0.4) is 0 Å². The number of benzene rings is 1. The number of hydrogen-bond donors (Lipinski definition) is 0. The lowest BCUT2D eigenvalue weighted by Gasteiger charge is -2.29. The third kappa shape index (κ3) is 2.95. The first-order valence-electron chi connectivity index (χ1n) is 7.08. The van der Waals surface area contributed by atoms with Crippen LogP contribution in [0.25, 0.3) is 0 Å². The quantitative estimate of drug-likeness (QED) is 0.811. The maximum absolute atomic E-state index is 11.8. The molecular formula is C17H18N2O2. The van der Waals surface area contributed by atoms with Gasteiger partial charge in [-0.15, -0.1) is 0 Å². The highest BCUT2D eigenvalue weighted by atomic mass is 16.5. The lowest BCUT2D eigenvalue weighted by Crippen LogP contribution is -2.31. The van der Waals surface area contributed by atoms with Gasteiger partial charge in [0.1, 0.15) is 0 Å². The fourth-order valence-electron chi connectivity index (χ4n) is 2.81. The summed E-state index contributed by atoms with van der Waals surface area (Å²) in [6.45, 7) is 2.68. The molecule has 3 rings (SSSR count). The van der Waals surface area contributed by atoms with E-state index in [2.05, 4.69) is 34.1 Å². The van der Waals surface area contributed by atoms with Crippen molar-refractivity contribution in [3.8, 4) is 0 Å². The number of esters is 1. The number of ether oxygens (including phenoxy) is 1. The van der Waals surface area contributed by atoms with Gasteiger partial charge in [0.25, 0.3) is 0 Å². The van der Waals surface area contributed by atoms with Crippen molar-refractivity contribution in [2.24, 2.45) is 0 Å². The molecule has 0 fully saturated rings. The van der Waals surface area contributed by atoms with Crippen LogP contribution in [0.4, 0.5) is 0 Å². The Bertz CT molecular complexity index is 640. The Morgan fingerprint density at radius 1 is 1.29 bits per heavy atom. The monoisotopic (exact) mass is 282 g/mol. The van der Waals surface area contributed by atoms with Gasteiger partial charge in [0, 0.05) is 32.0 Å². The average molecular weight is 282 g/mol. The molecule has 0 unspecified atom stereocenters. The van der Waals surface area contributed by atoms with Crippen molar-refractivity contribution >= 4 is 5.97 Å². The lowest BCUT2D eigenvalue weighted by molar-refractivity contribution is 0.0597. The van der Waals surface area contributed by atoms with Gasteiger partial charge in [-0.05, 0) is 23.1 Å². The van der Waals surface area contributed by atoms with Crippen molar-refractivity contribution in [1.82, 2.24) is 9.88 Å². The Kier molecular flexibility index (Phi) is 3.97. The summed E-state index contributed by atoms with van der Waals surface area (Å²) in [6.07, 6.45) is 4.32. The minimum absolute atomic E-state index is 0.296. The van der Waals surface area contributed by atoms with Gasteiger partial charge in [-0.25, -0.2) is 4.79 Å². The molecular weight excluding hydrogens is 264 g/mol. The van der Waals surface area contributed by atoms with Gasteiger partial charge < -0.3 is 4.74 Å². The van der Waals surface area contributed by atoms with E-state index in [1.54, 1.807) is 6.20 Å². The first-order chi connectivity index (χ1) is 10.3. The fourth-order valence-corrected chi connectivity index (χ4v) is 2.81. The number of carbonyl (C=O) groups is 1. The van der Waals surface area contributed by atoms with E-state index in [4.69, 9.17) is 4.74 Å². The molecule has 2 aromatic rings. The number of nitrogens with zero attached hydrogens (tertiary/aromatic N) is 2. The van der Waals surface area contributed by atoms with E-state index in [0.29, 0.717) is 5.56 Å². The van der Waals surface area contributed by atoms with Crippen molar-refractivity contribution in [3.05, 3.63) is 65.0 Å². The summed E-state index contributed by atoms with van der Waals surface area (Å²) in [7, 11) is 1.41. The van der Waals surface area contributed by atoms with Gasteiger partial charge in [-0.2, -0.15) is 0 Å². The molecule has 1 aliphatic heterocycles. The maximum Gasteiger partial charge on any atom is 0.339 e. The Morgan fingerprint density at radius 2 is 2.10 bits per heavy atom. The number of fused-ring (bicyclic) bond motifs is 1. The van der Waals surface area contributed by atoms with Crippen LogP contribution < -0.4 is 0 Å². The molecule has 0 saturated heterocycles. The number of aromatic nitrogens is 1. The summed E-state index contributed by atoms with van der Waals surface area (Å²) in [5, 5.41) is 0. The number of methoxy groups -OCH3 is 1. The predicted octanol–water partition coefficient (Wildman–Crippen LogP) is 2.43.